The molecule has 0 fully saturated rings. The van der Waals surface area contributed by atoms with E-state index < -0.39 is 4.92 Å². The third kappa shape index (κ3) is 5.41. The van der Waals surface area contributed by atoms with Gasteiger partial charge in [0.1, 0.15) is 5.69 Å². The Morgan fingerprint density at radius 2 is 2.17 bits per heavy atom. The van der Waals surface area contributed by atoms with Crippen molar-refractivity contribution in [1.29, 1.82) is 0 Å². The van der Waals surface area contributed by atoms with Crippen molar-refractivity contribution < 1.29 is 19.6 Å². The minimum Gasteiger partial charge on any atom is -0.504 e. The molecule has 2 N–H and O–H groups in total. The van der Waals surface area contributed by atoms with Gasteiger partial charge in [-0.1, -0.05) is 23.4 Å². The molecule has 0 atom stereocenters. The summed E-state index contributed by atoms with van der Waals surface area (Å²) in [5.41, 5.74) is 1.98. The SMILES string of the molecule is COc1cc(/C=C/C(=O)NCc2cn(Cc3cccc([N+](=O)[O-])c3)nn2)ccc1O. The van der Waals surface area contributed by atoms with Crippen LogP contribution in [-0.2, 0) is 17.9 Å². The number of nitrogens with one attached hydrogen (secondary N) is 1. The number of rotatable bonds is 8. The molecular formula is C20H19N5O5. The van der Waals surface area contributed by atoms with Crippen molar-refractivity contribution in [2.24, 2.45) is 0 Å². The largest absolute Gasteiger partial charge is 0.504 e. The van der Waals surface area contributed by atoms with Crippen LogP contribution in [0.3, 0.4) is 0 Å². The number of carbonyl (C=O) groups excluding carboxylic acids is 1. The number of phenolic OH excluding ortho intramolecular Hbond substituents is 1. The summed E-state index contributed by atoms with van der Waals surface area (Å²) in [5.74, 6) is 0.0143. The van der Waals surface area contributed by atoms with Crippen LogP contribution in [0, 0.1) is 10.1 Å². The van der Waals surface area contributed by atoms with Crippen molar-refractivity contribution in [1.82, 2.24) is 20.3 Å². The molecule has 0 unspecified atom stereocenters. The van der Waals surface area contributed by atoms with E-state index in [2.05, 4.69) is 15.6 Å². The van der Waals surface area contributed by atoms with E-state index in [9.17, 15) is 20.0 Å². The zero-order valence-corrected chi connectivity index (χ0v) is 16.1. The molecule has 1 heterocycles. The predicted molar refractivity (Wildman–Crippen MR) is 108 cm³/mol. The van der Waals surface area contributed by atoms with E-state index in [4.69, 9.17) is 4.74 Å². The fourth-order valence-electron chi connectivity index (χ4n) is 2.66. The van der Waals surface area contributed by atoms with Gasteiger partial charge in [-0.25, -0.2) is 4.68 Å². The van der Waals surface area contributed by atoms with Gasteiger partial charge in [-0.2, -0.15) is 0 Å². The standard InChI is InChI=1S/C20H19N5O5/c1-30-19-10-14(5-7-18(19)26)6-8-20(27)21-11-16-13-24(23-22-16)12-15-3-2-4-17(9-15)25(28)29/h2-10,13,26H,11-12H2,1H3,(H,21,27)/b8-6+. The lowest BCUT2D eigenvalue weighted by molar-refractivity contribution is -0.384. The first-order valence-electron chi connectivity index (χ1n) is 8.90. The van der Waals surface area contributed by atoms with Crippen molar-refractivity contribution in [2.75, 3.05) is 7.11 Å². The van der Waals surface area contributed by atoms with Gasteiger partial charge in [0, 0.05) is 18.2 Å². The molecule has 10 nitrogen and oxygen atoms in total. The summed E-state index contributed by atoms with van der Waals surface area (Å²) in [7, 11) is 1.45. The van der Waals surface area contributed by atoms with Crippen LogP contribution in [0.1, 0.15) is 16.8 Å². The topological polar surface area (TPSA) is 132 Å². The first kappa shape index (κ1) is 20.5. The van der Waals surface area contributed by atoms with E-state index in [1.54, 1.807) is 41.2 Å². The van der Waals surface area contributed by atoms with Gasteiger partial charge in [0.05, 0.1) is 31.3 Å². The van der Waals surface area contributed by atoms with Gasteiger partial charge < -0.3 is 15.2 Å². The second-order valence-electron chi connectivity index (χ2n) is 6.32. The minimum absolute atomic E-state index is 0.0122. The Balaban J connectivity index is 1.54. The Morgan fingerprint density at radius 1 is 1.33 bits per heavy atom. The summed E-state index contributed by atoms with van der Waals surface area (Å²) in [5, 5.41) is 31.1. The molecule has 0 saturated heterocycles. The van der Waals surface area contributed by atoms with Crippen LogP contribution < -0.4 is 10.1 Å². The number of aromatic hydroxyl groups is 1. The van der Waals surface area contributed by atoms with E-state index in [-0.39, 0.29) is 23.9 Å². The number of phenols is 1. The van der Waals surface area contributed by atoms with E-state index in [0.717, 1.165) is 5.56 Å². The number of methoxy groups -OCH3 is 1. The molecule has 0 aliphatic rings. The summed E-state index contributed by atoms with van der Waals surface area (Å²) in [6, 6.07) is 11.0. The molecule has 3 aromatic rings. The highest BCUT2D eigenvalue weighted by Crippen LogP contribution is 2.26. The first-order valence-corrected chi connectivity index (χ1v) is 8.90. The van der Waals surface area contributed by atoms with E-state index >= 15 is 0 Å². The number of carbonyl (C=O) groups is 1. The molecule has 0 spiro atoms. The molecule has 2 aromatic carbocycles. The molecule has 10 heteroatoms. The van der Waals surface area contributed by atoms with Gasteiger partial charge in [-0.05, 0) is 29.3 Å². The lowest BCUT2D eigenvalue weighted by Crippen LogP contribution is -2.20. The first-order chi connectivity index (χ1) is 14.4. The Labute approximate surface area is 171 Å². The molecule has 3 rings (SSSR count). The molecule has 1 amide bonds. The minimum atomic E-state index is -0.451. The van der Waals surface area contributed by atoms with Crippen LogP contribution in [0.25, 0.3) is 6.08 Å². The number of hydrogen-bond acceptors (Lipinski definition) is 7. The maximum absolute atomic E-state index is 12.0. The molecule has 0 radical (unpaired) electrons. The van der Waals surface area contributed by atoms with Crippen molar-refractivity contribution in [3.8, 4) is 11.5 Å². The molecule has 154 valence electrons. The van der Waals surface area contributed by atoms with Gasteiger partial charge in [-0.15, -0.1) is 5.10 Å². The highest BCUT2D eigenvalue weighted by atomic mass is 16.6. The average molecular weight is 409 g/mol. The van der Waals surface area contributed by atoms with Crippen molar-refractivity contribution in [2.45, 2.75) is 13.1 Å². The summed E-state index contributed by atoms with van der Waals surface area (Å²) < 4.78 is 6.57. The molecular weight excluding hydrogens is 390 g/mol. The second kappa shape index (κ2) is 9.32. The third-order valence-electron chi connectivity index (χ3n) is 4.13. The monoisotopic (exact) mass is 409 g/mol. The van der Waals surface area contributed by atoms with Gasteiger partial charge >= 0.3 is 0 Å². The fraction of sp³-hybridized carbons (Fsp3) is 0.150. The maximum Gasteiger partial charge on any atom is 0.269 e. The number of amides is 1. The Hall–Kier alpha value is -4.21. The number of nitro groups is 1. The van der Waals surface area contributed by atoms with E-state index in [0.29, 0.717) is 23.6 Å². The predicted octanol–water partition coefficient (Wildman–Crippen LogP) is 2.28. The van der Waals surface area contributed by atoms with Crippen LogP contribution in [-0.4, -0.2) is 38.0 Å². The summed E-state index contributed by atoms with van der Waals surface area (Å²) >= 11 is 0. The maximum atomic E-state index is 12.0. The summed E-state index contributed by atoms with van der Waals surface area (Å²) in [4.78, 5) is 22.4. The zero-order valence-electron chi connectivity index (χ0n) is 16.1. The normalized spacial score (nSPS) is 10.8. The third-order valence-corrected chi connectivity index (χ3v) is 4.13. The quantitative estimate of drug-likeness (QED) is 0.331. The van der Waals surface area contributed by atoms with Crippen LogP contribution in [0.4, 0.5) is 5.69 Å². The molecule has 0 aliphatic carbocycles. The Bertz CT molecular complexity index is 1090. The number of nitrogens with zero attached hydrogens (tertiary/aromatic N) is 4. The van der Waals surface area contributed by atoms with Gasteiger partial charge in [0.2, 0.25) is 5.91 Å². The van der Waals surface area contributed by atoms with Crippen molar-refractivity contribution in [3.05, 3.63) is 81.7 Å². The summed E-state index contributed by atoms with van der Waals surface area (Å²) in [6.45, 7) is 0.502. The fourth-order valence-corrected chi connectivity index (χ4v) is 2.66. The van der Waals surface area contributed by atoms with E-state index in [1.165, 1.54) is 31.4 Å². The Kier molecular flexibility index (Phi) is 6.38. The lowest BCUT2D eigenvalue weighted by Gasteiger charge is -2.03. The van der Waals surface area contributed by atoms with E-state index in [1.807, 2.05) is 0 Å². The molecule has 0 bridgehead atoms. The highest BCUT2D eigenvalue weighted by Gasteiger charge is 2.08. The smallest absolute Gasteiger partial charge is 0.269 e. The molecule has 30 heavy (non-hydrogen) atoms. The van der Waals surface area contributed by atoms with Gasteiger partial charge in [-0.3, -0.25) is 14.9 Å². The molecule has 0 aliphatic heterocycles. The van der Waals surface area contributed by atoms with Crippen molar-refractivity contribution >= 4 is 17.7 Å². The van der Waals surface area contributed by atoms with Gasteiger partial charge in [0.25, 0.3) is 5.69 Å². The number of hydrogen-bond donors (Lipinski definition) is 2. The molecule has 1 aromatic heterocycles. The highest BCUT2D eigenvalue weighted by molar-refractivity contribution is 5.91. The lowest BCUT2D eigenvalue weighted by atomic mass is 10.2. The number of aromatic nitrogens is 3. The zero-order chi connectivity index (χ0) is 21.5. The number of nitro benzene ring substituents is 1. The number of non-ortho nitro benzene ring substituents is 1. The summed E-state index contributed by atoms with van der Waals surface area (Å²) in [6.07, 6.45) is 4.61. The van der Waals surface area contributed by atoms with Crippen LogP contribution in [0.2, 0.25) is 0 Å². The van der Waals surface area contributed by atoms with Crippen LogP contribution in [0.5, 0.6) is 11.5 Å². The van der Waals surface area contributed by atoms with Crippen molar-refractivity contribution in [3.63, 3.8) is 0 Å². The number of ether oxygens (including phenoxy) is 1. The average Bonchev–Trinajstić information content (AvgIpc) is 3.19. The van der Waals surface area contributed by atoms with Crippen LogP contribution in [0.15, 0.2) is 54.7 Å². The number of benzene rings is 2. The van der Waals surface area contributed by atoms with Gasteiger partial charge in [0.15, 0.2) is 11.5 Å². The van der Waals surface area contributed by atoms with Crippen LogP contribution >= 0.6 is 0 Å². The Morgan fingerprint density at radius 3 is 2.93 bits per heavy atom. The molecule has 0 saturated carbocycles. The second-order valence-corrected chi connectivity index (χ2v) is 6.32.